The summed E-state index contributed by atoms with van der Waals surface area (Å²) in [4.78, 5) is 10.7. The molecule has 1 N–H and O–H groups in total. The number of nitrogens with one attached hydrogen (secondary N) is 1. The molecular formula is C19H26N4S. The van der Waals surface area contributed by atoms with E-state index >= 15 is 0 Å². The summed E-state index contributed by atoms with van der Waals surface area (Å²) >= 11 is 1.82. The molecule has 0 bridgehead atoms. The number of nitrogens with zero attached hydrogens (tertiary/aromatic N) is 3. The van der Waals surface area contributed by atoms with E-state index in [9.17, 15) is 0 Å². The first-order valence-electron chi connectivity index (χ1n) is 8.57. The van der Waals surface area contributed by atoms with E-state index in [2.05, 4.69) is 74.9 Å². The fraction of sp³-hybridized carbons (Fsp3) is 0.421. The highest BCUT2D eigenvalue weighted by Gasteiger charge is 2.20. The Hall–Kier alpha value is -2.01. The van der Waals surface area contributed by atoms with Gasteiger partial charge in [-0.25, -0.2) is 0 Å². The number of hydrogen-bond acceptors (Lipinski definition) is 3. The lowest BCUT2D eigenvalue weighted by molar-refractivity contribution is 0.372. The maximum atomic E-state index is 4.48. The number of hydrogen-bond donors (Lipinski definition) is 1. The van der Waals surface area contributed by atoms with E-state index in [4.69, 9.17) is 0 Å². The molecule has 1 aromatic carbocycles. The average Bonchev–Trinajstić information content (AvgIpc) is 3.18. The minimum atomic E-state index is 0.507. The lowest BCUT2D eigenvalue weighted by atomic mass is 10.1. The molecule has 1 saturated heterocycles. The van der Waals surface area contributed by atoms with Crippen LogP contribution < -0.4 is 10.2 Å². The van der Waals surface area contributed by atoms with Crippen LogP contribution in [-0.4, -0.2) is 50.6 Å². The van der Waals surface area contributed by atoms with Crippen molar-refractivity contribution in [2.45, 2.75) is 12.8 Å². The van der Waals surface area contributed by atoms with E-state index in [1.54, 1.807) is 0 Å². The molecule has 1 unspecified atom stereocenters. The second-order valence-electron chi connectivity index (χ2n) is 6.15. The van der Waals surface area contributed by atoms with Crippen LogP contribution in [0.1, 0.15) is 17.7 Å². The predicted octanol–water partition coefficient (Wildman–Crippen LogP) is 3.25. The summed E-state index contributed by atoms with van der Waals surface area (Å²) in [5.74, 6) is 1.53. The largest absolute Gasteiger partial charge is 0.368 e. The normalized spacial score (nSPS) is 17.0. The molecule has 0 saturated carbocycles. The number of benzene rings is 1. The molecule has 2 aromatic rings. The molecule has 24 heavy (non-hydrogen) atoms. The van der Waals surface area contributed by atoms with Gasteiger partial charge in [-0.1, -0.05) is 31.2 Å². The molecule has 1 fully saturated rings. The van der Waals surface area contributed by atoms with Gasteiger partial charge in [0.1, 0.15) is 0 Å². The van der Waals surface area contributed by atoms with Crippen LogP contribution in [0.4, 0.5) is 5.69 Å². The molecule has 1 aliphatic rings. The smallest absolute Gasteiger partial charge is 0.193 e. The quantitative estimate of drug-likeness (QED) is 0.683. The first-order chi connectivity index (χ1) is 11.8. The molecule has 1 aliphatic heterocycles. The topological polar surface area (TPSA) is 30.9 Å². The van der Waals surface area contributed by atoms with Gasteiger partial charge in [0.05, 0.1) is 0 Å². The van der Waals surface area contributed by atoms with Crippen LogP contribution in [0.5, 0.6) is 0 Å². The predicted molar refractivity (Wildman–Crippen MR) is 104 cm³/mol. The van der Waals surface area contributed by atoms with E-state index in [1.165, 1.54) is 10.6 Å². The van der Waals surface area contributed by atoms with Gasteiger partial charge in [0, 0.05) is 56.3 Å². The molecule has 128 valence electrons. The second kappa shape index (κ2) is 8.20. The van der Waals surface area contributed by atoms with Crippen LogP contribution >= 0.6 is 11.3 Å². The zero-order valence-electron chi connectivity index (χ0n) is 14.5. The highest BCUT2D eigenvalue weighted by atomic mass is 32.1. The van der Waals surface area contributed by atoms with Crippen LogP contribution in [0.2, 0.25) is 0 Å². The maximum absolute atomic E-state index is 4.48. The van der Waals surface area contributed by atoms with Gasteiger partial charge < -0.3 is 15.1 Å². The van der Waals surface area contributed by atoms with Gasteiger partial charge in [0.25, 0.3) is 0 Å². The van der Waals surface area contributed by atoms with Gasteiger partial charge in [0.15, 0.2) is 5.96 Å². The maximum Gasteiger partial charge on any atom is 0.193 e. The van der Waals surface area contributed by atoms with Gasteiger partial charge in [-0.2, -0.15) is 0 Å². The zero-order chi connectivity index (χ0) is 16.8. The van der Waals surface area contributed by atoms with Crippen molar-refractivity contribution in [3.05, 3.63) is 52.7 Å². The van der Waals surface area contributed by atoms with Crippen molar-refractivity contribution in [2.24, 2.45) is 4.99 Å². The summed E-state index contributed by atoms with van der Waals surface area (Å²) in [7, 11) is 1.88. The monoisotopic (exact) mass is 342 g/mol. The van der Waals surface area contributed by atoms with Crippen molar-refractivity contribution in [1.82, 2.24) is 10.2 Å². The number of anilines is 1. The Morgan fingerprint density at radius 2 is 1.88 bits per heavy atom. The Morgan fingerprint density at radius 3 is 2.50 bits per heavy atom. The second-order valence-corrected chi connectivity index (χ2v) is 7.13. The van der Waals surface area contributed by atoms with Crippen molar-refractivity contribution in [3.63, 3.8) is 0 Å². The number of para-hydroxylation sites is 1. The van der Waals surface area contributed by atoms with Crippen LogP contribution in [0.3, 0.4) is 0 Å². The molecule has 2 heterocycles. The number of thiophene rings is 1. The molecule has 1 atom stereocenters. The highest BCUT2D eigenvalue weighted by Crippen LogP contribution is 2.20. The fourth-order valence-corrected chi connectivity index (χ4v) is 3.85. The van der Waals surface area contributed by atoms with E-state index in [1.807, 2.05) is 18.4 Å². The Bertz CT molecular complexity index is 631. The molecule has 0 amide bonds. The Morgan fingerprint density at radius 1 is 1.12 bits per heavy atom. The molecule has 0 spiro atoms. The van der Waals surface area contributed by atoms with E-state index in [-0.39, 0.29) is 0 Å². The standard InChI is InChI=1S/C19H26N4S/c1-16(18-9-6-14-24-18)15-21-19(20-2)23-12-10-22(11-13-23)17-7-4-3-5-8-17/h3-9,14,16H,10-13,15H2,1-2H3,(H,20,21). The zero-order valence-corrected chi connectivity index (χ0v) is 15.3. The number of piperazine rings is 1. The lowest BCUT2D eigenvalue weighted by Crippen LogP contribution is -2.53. The fourth-order valence-electron chi connectivity index (χ4n) is 3.06. The highest BCUT2D eigenvalue weighted by molar-refractivity contribution is 7.10. The van der Waals surface area contributed by atoms with Crippen molar-refractivity contribution in [2.75, 3.05) is 44.7 Å². The minimum absolute atomic E-state index is 0.507. The minimum Gasteiger partial charge on any atom is -0.368 e. The van der Waals surface area contributed by atoms with Crippen LogP contribution in [0.25, 0.3) is 0 Å². The third-order valence-electron chi connectivity index (χ3n) is 4.51. The van der Waals surface area contributed by atoms with Crippen LogP contribution in [0, 0.1) is 0 Å². The Balaban J connectivity index is 1.50. The van der Waals surface area contributed by atoms with Gasteiger partial charge in [0.2, 0.25) is 0 Å². The third kappa shape index (κ3) is 4.09. The van der Waals surface area contributed by atoms with E-state index < -0.39 is 0 Å². The van der Waals surface area contributed by atoms with E-state index in [0.29, 0.717) is 5.92 Å². The van der Waals surface area contributed by atoms with Crippen molar-refractivity contribution < 1.29 is 0 Å². The summed E-state index contributed by atoms with van der Waals surface area (Å²) in [6, 6.07) is 15.0. The first kappa shape index (κ1) is 16.8. The average molecular weight is 343 g/mol. The van der Waals surface area contributed by atoms with Gasteiger partial charge in [-0.15, -0.1) is 11.3 Å². The summed E-state index contributed by atoms with van der Waals surface area (Å²) in [5.41, 5.74) is 1.31. The Labute approximate surface area is 148 Å². The van der Waals surface area contributed by atoms with Gasteiger partial charge >= 0.3 is 0 Å². The van der Waals surface area contributed by atoms with E-state index in [0.717, 1.165) is 38.7 Å². The molecule has 4 nitrogen and oxygen atoms in total. The summed E-state index contributed by atoms with van der Waals surface area (Å²) in [6.45, 7) is 7.26. The van der Waals surface area contributed by atoms with Gasteiger partial charge in [-0.3, -0.25) is 4.99 Å². The summed E-state index contributed by atoms with van der Waals surface area (Å²) in [6.07, 6.45) is 0. The molecule has 0 aliphatic carbocycles. The molecular weight excluding hydrogens is 316 g/mol. The van der Waals surface area contributed by atoms with Crippen molar-refractivity contribution >= 4 is 23.0 Å². The van der Waals surface area contributed by atoms with Gasteiger partial charge in [-0.05, 0) is 23.6 Å². The van der Waals surface area contributed by atoms with Crippen molar-refractivity contribution in [3.8, 4) is 0 Å². The molecule has 5 heteroatoms. The van der Waals surface area contributed by atoms with Crippen molar-refractivity contribution in [1.29, 1.82) is 0 Å². The van der Waals surface area contributed by atoms with Crippen LogP contribution in [0.15, 0.2) is 52.8 Å². The number of guanidine groups is 1. The van der Waals surface area contributed by atoms with Crippen LogP contribution in [-0.2, 0) is 0 Å². The molecule has 1 aromatic heterocycles. The molecule has 0 radical (unpaired) electrons. The summed E-state index contributed by atoms with van der Waals surface area (Å²) in [5, 5.41) is 5.69. The first-order valence-corrected chi connectivity index (χ1v) is 9.45. The third-order valence-corrected chi connectivity index (χ3v) is 5.61. The number of aliphatic imine (C=N–C) groups is 1. The SMILES string of the molecule is CN=C(NCC(C)c1cccs1)N1CCN(c2ccccc2)CC1. The number of rotatable bonds is 4. The Kier molecular flexibility index (Phi) is 5.75. The molecule has 3 rings (SSSR count). The lowest BCUT2D eigenvalue weighted by Gasteiger charge is -2.37. The summed E-state index contributed by atoms with van der Waals surface area (Å²) < 4.78 is 0.